The van der Waals surface area contributed by atoms with Crippen LogP contribution in [0.4, 0.5) is 0 Å². The van der Waals surface area contributed by atoms with Crippen molar-refractivity contribution in [2.45, 2.75) is 65.6 Å². The molecule has 0 saturated carbocycles. The largest absolute Gasteiger partial charge is 0.489 e. The standard InChI is InChI=1S/C44H42O2/c1-9-29-11-15-33-35-17-13-31(23-39(35)43(5,6)37(33)21-29)25-45-41-19-28(4)42(20-27(41)3)46-26-32-14-18-36-34-16-12-30(10-2)22-38(34)44(7,8)40(36)24-32/h9-24H,1-2,25-26H2,3-8H3. The second-order valence-corrected chi connectivity index (χ2v) is 14.0. The molecule has 2 heteroatoms. The van der Waals surface area contributed by atoms with Crippen LogP contribution in [0.25, 0.3) is 34.4 Å². The summed E-state index contributed by atoms with van der Waals surface area (Å²) < 4.78 is 12.8. The zero-order chi connectivity index (χ0) is 32.4. The van der Waals surface area contributed by atoms with Gasteiger partial charge >= 0.3 is 0 Å². The van der Waals surface area contributed by atoms with E-state index < -0.39 is 0 Å². The van der Waals surface area contributed by atoms with E-state index in [2.05, 4.69) is 140 Å². The van der Waals surface area contributed by atoms with Crippen molar-refractivity contribution in [3.05, 3.63) is 154 Å². The predicted molar refractivity (Wildman–Crippen MR) is 193 cm³/mol. The Kier molecular flexibility index (Phi) is 7.09. The monoisotopic (exact) mass is 602 g/mol. The molecule has 0 aromatic heterocycles. The number of ether oxygens (including phenoxy) is 2. The van der Waals surface area contributed by atoms with E-state index in [1.54, 1.807) is 0 Å². The van der Waals surface area contributed by atoms with Crippen LogP contribution in [0, 0.1) is 13.8 Å². The summed E-state index contributed by atoms with van der Waals surface area (Å²) in [6, 6.07) is 31.0. The molecule has 0 radical (unpaired) electrons. The van der Waals surface area contributed by atoms with Gasteiger partial charge in [-0.1, -0.05) is 126 Å². The van der Waals surface area contributed by atoms with Gasteiger partial charge in [-0.15, -0.1) is 0 Å². The van der Waals surface area contributed by atoms with Crippen LogP contribution in [-0.4, -0.2) is 0 Å². The molecule has 0 amide bonds. The van der Waals surface area contributed by atoms with Crippen LogP contribution in [0.1, 0.15) is 83.3 Å². The molecule has 2 aliphatic carbocycles. The highest BCUT2D eigenvalue weighted by molar-refractivity contribution is 5.83. The first-order valence-electron chi connectivity index (χ1n) is 16.2. The third kappa shape index (κ3) is 4.79. The van der Waals surface area contributed by atoms with E-state index in [4.69, 9.17) is 9.47 Å². The lowest BCUT2D eigenvalue weighted by Gasteiger charge is -2.22. The van der Waals surface area contributed by atoms with Gasteiger partial charge in [0.05, 0.1) is 0 Å². The number of hydrogen-bond donors (Lipinski definition) is 0. The molecule has 5 aromatic rings. The lowest BCUT2D eigenvalue weighted by Crippen LogP contribution is -2.15. The second-order valence-electron chi connectivity index (χ2n) is 14.0. The van der Waals surface area contributed by atoms with Crippen LogP contribution in [0.2, 0.25) is 0 Å². The molecular weight excluding hydrogens is 560 g/mol. The van der Waals surface area contributed by atoms with Crippen LogP contribution in [0.3, 0.4) is 0 Å². The average molecular weight is 603 g/mol. The first-order valence-corrected chi connectivity index (χ1v) is 16.2. The lowest BCUT2D eigenvalue weighted by molar-refractivity contribution is 0.293. The van der Waals surface area contributed by atoms with Crippen molar-refractivity contribution in [1.29, 1.82) is 0 Å². The Morgan fingerprint density at radius 3 is 1.22 bits per heavy atom. The van der Waals surface area contributed by atoms with Gasteiger partial charge in [-0.3, -0.25) is 0 Å². The maximum Gasteiger partial charge on any atom is 0.123 e. The van der Waals surface area contributed by atoms with Gasteiger partial charge in [0.1, 0.15) is 24.7 Å². The highest BCUT2D eigenvalue weighted by Gasteiger charge is 2.36. The molecule has 0 heterocycles. The number of fused-ring (bicyclic) bond motifs is 6. The predicted octanol–water partition coefficient (Wildman–Crippen LogP) is 11.4. The summed E-state index contributed by atoms with van der Waals surface area (Å²) >= 11 is 0. The Bertz CT molecular complexity index is 1910. The zero-order valence-electron chi connectivity index (χ0n) is 27.9. The van der Waals surface area contributed by atoms with Gasteiger partial charge in [0, 0.05) is 10.8 Å². The molecule has 0 saturated heterocycles. The molecule has 46 heavy (non-hydrogen) atoms. The summed E-state index contributed by atoms with van der Waals surface area (Å²) in [6.45, 7) is 22.4. The van der Waals surface area contributed by atoms with E-state index in [0.717, 1.165) is 33.8 Å². The van der Waals surface area contributed by atoms with Crippen molar-refractivity contribution in [1.82, 2.24) is 0 Å². The Hall–Kier alpha value is -4.82. The minimum absolute atomic E-state index is 0.0706. The summed E-state index contributed by atoms with van der Waals surface area (Å²) in [4.78, 5) is 0. The molecular formula is C44H42O2. The van der Waals surface area contributed by atoms with Gasteiger partial charge in [0.15, 0.2) is 0 Å². The number of benzene rings is 5. The SMILES string of the molecule is C=Cc1ccc2c(c1)C(C)(C)c1cc(COc3cc(C)c(OCc4ccc5c(c4)C(C)(C)c4cc(C=C)ccc4-5)cc3C)ccc1-2. The van der Waals surface area contributed by atoms with E-state index in [-0.39, 0.29) is 10.8 Å². The van der Waals surface area contributed by atoms with E-state index in [0.29, 0.717) is 13.2 Å². The Balaban J connectivity index is 1.05. The van der Waals surface area contributed by atoms with E-state index in [9.17, 15) is 0 Å². The molecule has 0 spiro atoms. The summed E-state index contributed by atoms with van der Waals surface area (Å²) in [5.41, 5.74) is 17.3. The molecule has 5 aromatic carbocycles. The third-order valence-corrected chi connectivity index (χ3v) is 10.3. The minimum Gasteiger partial charge on any atom is -0.489 e. The van der Waals surface area contributed by atoms with Gasteiger partial charge in [-0.25, -0.2) is 0 Å². The Labute approximate surface area is 274 Å². The highest BCUT2D eigenvalue weighted by atomic mass is 16.5. The molecule has 0 unspecified atom stereocenters. The smallest absolute Gasteiger partial charge is 0.123 e. The fourth-order valence-corrected chi connectivity index (χ4v) is 7.43. The number of aryl methyl sites for hydroxylation is 2. The minimum atomic E-state index is -0.0706. The molecule has 0 N–H and O–H groups in total. The summed E-state index contributed by atoms with van der Waals surface area (Å²) in [5.74, 6) is 1.78. The number of rotatable bonds is 8. The highest BCUT2D eigenvalue weighted by Crippen LogP contribution is 2.50. The van der Waals surface area contributed by atoms with E-state index in [1.165, 1.54) is 55.6 Å². The quantitative estimate of drug-likeness (QED) is 0.176. The van der Waals surface area contributed by atoms with Crippen molar-refractivity contribution in [2.75, 3.05) is 0 Å². The average Bonchev–Trinajstić information content (AvgIpc) is 3.42. The van der Waals surface area contributed by atoms with E-state index >= 15 is 0 Å². The van der Waals surface area contributed by atoms with E-state index in [1.807, 2.05) is 12.2 Å². The fraction of sp³-hybridized carbons (Fsp3) is 0.227. The molecule has 0 aliphatic heterocycles. The molecule has 2 nitrogen and oxygen atoms in total. The van der Waals surface area contributed by atoms with Gasteiger partial charge in [-0.2, -0.15) is 0 Å². The molecule has 0 bridgehead atoms. The van der Waals surface area contributed by atoms with Crippen LogP contribution < -0.4 is 9.47 Å². The van der Waals surface area contributed by atoms with Gasteiger partial charge in [0.25, 0.3) is 0 Å². The maximum atomic E-state index is 6.41. The fourth-order valence-electron chi connectivity index (χ4n) is 7.43. The van der Waals surface area contributed by atoms with Crippen molar-refractivity contribution >= 4 is 12.2 Å². The van der Waals surface area contributed by atoms with Gasteiger partial charge in [-0.05, 0) is 104 Å². The van der Waals surface area contributed by atoms with Crippen LogP contribution in [0.15, 0.2) is 98.1 Å². The van der Waals surface area contributed by atoms with Crippen molar-refractivity contribution in [2.24, 2.45) is 0 Å². The normalized spacial score (nSPS) is 14.6. The second kappa shape index (κ2) is 10.9. The molecule has 0 atom stereocenters. The van der Waals surface area contributed by atoms with Gasteiger partial charge < -0.3 is 9.47 Å². The zero-order valence-corrected chi connectivity index (χ0v) is 27.9. The Morgan fingerprint density at radius 1 is 0.500 bits per heavy atom. The van der Waals surface area contributed by atoms with Crippen LogP contribution in [0.5, 0.6) is 11.5 Å². The molecule has 0 fully saturated rings. The van der Waals surface area contributed by atoms with Crippen LogP contribution in [-0.2, 0) is 24.0 Å². The lowest BCUT2D eigenvalue weighted by atomic mass is 9.81. The topological polar surface area (TPSA) is 18.5 Å². The first-order chi connectivity index (χ1) is 22.0. The summed E-state index contributed by atoms with van der Waals surface area (Å²) in [5, 5.41) is 0. The van der Waals surface area contributed by atoms with Crippen molar-refractivity contribution in [3.63, 3.8) is 0 Å². The summed E-state index contributed by atoms with van der Waals surface area (Å²) in [7, 11) is 0. The maximum absolute atomic E-state index is 6.41. The van der Waals surface area contributed by atoms with Crippen LogP contribution >= 0.6 is 0 Å². The third-order valence-electron chi connectivity index (χ3n) is 10.3. The van der Waals surface area contributed by atoms with Crippen molar-refractivity contribution in [3.8, 4) is 33.8 Å². The molecule has 7 rings (SSSR count). The van der Waals surface area contributed by atoms with Crippen molar-refractivity contribution < 1.29 is 9.47 Å². The molecule has 230 valence electrons. The number of hydrogen-bond acceptors (Lipinski definition) is 2. The molecule has 2 aliphatic rings. The first kappa shape index (κ1) is 29.9. The summed E-state index contributed by atoms with van der Waals surface area (Å²) in [6.07, 6.45) is 3.84. The van der Waals surface area contributed by atoms with Gasteiger partial charge in [0.2, 0.25) is 0 Å². The Morgan fingerprint density at radius 2 is 0.848 bits per heavy atom.